The second-order valence-corrected chi connectivity index (χ2v) is 6.27. The Kier molecular flexibility index (Phi) is 4.86. The predicted octanol–water partition coefficient (Wildman–Crippen LogP) is 4.77. The molecule has 0 bridgehead atoms. The number of hydrogen-bond donors (Lipinski definition) is 1. The van der Waals surface area contributed by atoms with E-state index in [2.05, 4.69) is 10.5 Å². The lowest BCUT2D eigenvalue weighted by molar-refractivity contribution is -0.384. The zero-order valence-electron chi connectivity index (χ0n) is 15.1. The average molecular weight is 385 g/mol. The summed E-state index contributed by atoms with van der Waals surface area (Å²) >= 11 is 0. The van der Waals surface area contributed by atoms with Gasteiger partial charge in [0.05, 0.1) is 11.1 Å². The van der Waals surface area contributed by atoms with E-state index in [0.717, 1.165) is 10.8 Å². The van der Waals surface area contributed by atoms with E-state index >= 15 is 0 Å². The van der Waals surface area contributed by atoms with Crippen molar-refractivity contribution >= 4 is 28.6 Å². The summed E-state index contributed by atoms with van der Waals surface area (Å²) < 4.78 is 5.64. The molecule has 0 fully saturated rings. The van der Waals surface area contributed by atoms with E-state index in [1.54, 1.807) is 36.4 Å². The number of fused-ring (bicyclic) bond motifs is 1. The van der Waals surface area contributed by atoms with Gasteiger partial charge >= 0.3 is 0 Å². The number of non-ortho nitro benzene ring substituents is 1. The number of carbonyl (C=O) groups excluding carboxylic acids is 1. The Bertz CT molecular complexity index is 1230. The van der Waals surface area contributed by atoms with Crippen molar-refractivity contribution in [3.8, 4) is 11.3 Å². The molecule has 0 atom stereocenters. The summed E-state index contributed by atoms with van der Waals surface area (Å²) in [5.41, 5.74) is 3.70. The van der Waals surface area contributed by atoms with Crippen LogP contribution in [0.5, 0.6) is 0 Å². The smallest absolute Gasteiger partial charge is 0.271 e. The molecular formula is C22H15N3O4. The van der Waals surface area contributed by atoms with Crippen LogP contribution < -0.4 is 5.43 Å². The van der Waals surface area contributed by atoms with Crippen molar-refractivity contribution in [1.82, 2.24) is 5.43 Å². The fourth-order valence-corrected chi connectivity index (χ4v) is 2.87. The SMILES string of the molecule is O=C(N/N=C/c1ccc(-c2ccc([N+](=O)[O-])cc2)o1)c1ccc2ccccc2c1. The quantitative estimate of drug-likeness (QED) is 0.304. The number of hydrogen-bond acceptors (Lipinski definition) is 5. The maximum absolute atomic E-state index is 12.3. The van der Waals surface area contributed by atoms with Crippen LogP contribution >= 0.6 is 0 Å². The van der Waals surface area contributed by atoms with Gasteiger partial charge in [0.2, 0.25) is 0 Å². The van der Waals surface area contributed by atoms with Crippen LogP contribution in [-0.2, 0) is 0 Å². The summed E-state index contributed by atoms with van der Waals surface area (Å²) in [6.07, 6.45) is 1.40. The standard InChI is InChI=1S/C22H15N3O4/c26-22(18-6-5-15-3-1-2-4-17(15)13-18)24-23-14-20-11-12-21(29-20)16-7-9-19(10-8-16)25(27)28/h1-14H,(H,24,26)/b23-14+. The number of nitrogens with zero attached hydrogens (tertiary/aromatic N) is 2. The molecule has 0 aliphatic rings. The molecule has 1 N–H and O–H groups in total. The molecule has 3 aromatic carbocycles. The van der Waals surface area contributed by atoms with E-state index in [4.69, 9.17) is 4.42 Å². The summed E-state index contributed by atoms with van der Waals surface area (Å²) in [5.74, 6) is 0.661. The number of carbonyl (C=O) groups is 1. The van der Waals surface area contributed by atoms with Crippen LogP contribution in [0.15, 0.2) is 88.4 Å². The second-order valence-electron chi connectivity index (χ2n) is 6.27. The van der Waals surface area contributed by atoms with Gasteiger partial charge in [-0.1, -0.05) is 30.3 Å². The number of nitro benzene ring substituents is 1. The van der Waals surface area contributed by atoms with E-state index in [1.807, 2.05) is 30.3 Å². The monoisotopic (exact) mass is 385 g/mol. The Hall–Kier alpha value is -4.26. The first-order valence-electron chi connectivity index (χ1n) is 8.77. The first kappa shape index (κ1) is 18.1. The highest BCUT2D eigenvalue weighted by Gasteiger charge is 2.08. The van der Waals surface area contributed by atoms with Gasteiger partial charge in [0.15, 0.2) is 0 Å². The highest BCUT2D eigenvalue weighted by Crippen LogP contribution is 2.24. The Balaban J connectivity index is 1.42. The van der Waals surface area contributed by atoms with E-state index < -0.39 is 4.92 Å². The third-order valence-corrected chi connectivity index (χ3v) is 4.36. The Morgan fingerprint density at radius 1 is 0.966 bits per heavy atom. The largest absolute Gasteiger partial charge is 0.455 e. The van der Waals surface area contributed by atoms with Gasteiger partial charge < -0.3 is 4.42 Å². The van der Waals surface area contributed by atoms with Gasteiger partial charge in [-0.2, -0.15) is 5.10 Å². The van der Waals surface area contributed by atoms with E-state index in [1.165, 1.54) is 18.3 Å². The number of rotatable bonds is 5. The first-order valence-corrected chi connectivity index (χ1v) is 8.77. The van der Waals surface area contributed by atoms with Crippen molar-refractivity contribution < 1.29 is 14.1 Å². The molecule has 0 aliphatic heterocycles. The molecule has 7 nitrogen and oxygen atoms in total. The van der Waals surface area contributed by atoms with Crippen molar-refractivity contribution in [2.24, 2.45) is 5.10 Å². The van der Waals surface area contributed by atoms with Crippen molar-refractivity contribution in [2.75, 3.05) is 0 Å². The number of nitro groups is 1. The third kappa shape index (κ3) is 4.03. The lowest BCUT2D eigenvalue weighted by atomic mass is 10.1. The lowest BCUT2D eigenvalue weighted by Gasteiger charge is -2.02. The maximum atomic E-state index is 12.3. The van der Waals surface area contributed by atoms with Crippen molar-refractivity contribution in [3.05, 3.63) is 100 Å². The fourth-order valence-electron chi connectivity index (χ4n) is 2.87. The molecule has 0 saturated carbocycles. The molecule has 0 radical (unpaired) electrons. The lowest BCUT2D eigenvalue weighted by Crippen LogP contribution is -2.17. The van der Waals surface area contributed by atoms with Gasteiger partial charge in [-0.15, -0.1) is 0 Å². The Labute approximate surface area is 165 Å². The van der Waals surface area contributed by atoms with Crippen LogP contribution in [0, 0.1) is 10.1 Å². The molecule has 4 rings (SSSR count). The molecular weight excluding hydrogens is 370 g/mol. The number of amides is 1. The van der Waals surface area contributed by atoms with Crippen LogP contribution in [-0.4, -0.2) is 17.0 Å². The van der Waals surface area contributed by atoms with Gasteiger partial charge in [0.1, 0.15) is 11.5 Å². The maximum Gasteiger partial charge on any atom is 0.271 e. The fraction of sp³-hybridized carbons (Fsp3) is 0. The third-order valence-electron chi connectivity index (χ3n) is 4.36. The summed E-state index contributed by atoms with van der Waals surface area (Å²) in [6.45, 7) is 0. The number of furan rings is 1. The Morgan fingerprint density at radius 3 is 2.48 bits per heavy atom. The van der Waals surface area contributed by atoms with E-state index in [-0.39, 0.29) is 11.6 Å². The molecule has 1 aromatic heterocycles. The van der Waals surface area contributed by atoms with E-state index in [0.29, 0.717) is 22.6 Å². The van der Waals surface area contributed by atoms with Crippen molar-refractivity contribution in [3.63, 3.8) is 0 Å². The van der Waals surface area contributed by atoms with Gasteiger partial charge in [0, 0.05) is 23.3 Å². The zero-order chi connectivity index (χ0) is 20.2. The number of benzene rings is 3. The molecule has 1 heterocycles. The minimum absolute atomic E-state index is 0.0125. The number of hydrazone groups is 1. The molecule has 7 heteroatoms. The van der Waals surface area contributed by atoms with Crippen LogP contribution in [0.1, 0.15) is 16.1 Å². The van der Waals surface area contributed by atoms with Crippen LogP contribution in [0.4, 0.5) is 5.69 Å². The summed E-state index contributed by atoms with van der Waals surface area (Å²) in [5, 5.41) is 16.7. The van der Waals surface area contributed by atoms with Crippen molar-refractivity contribution in [1.29, 1.82) is 0 Å². The van der Waals surface area contributed by atoms with Crippen LogP contribution in [0.25, 0.3) is 22.1 Å². The zero-order valence-corrected chi connectivity index (χ0v) is 15.1. The molecule has 29 heavy (non-hydrogen) atoms. The molecule has 4 aromatic rings. The highest BCUT2D eigenvalue weighted by atomic mass is 16.6. The van der Waals surface area contributed by atoms with Gasteiger partial charge in [0.25, 0.3) is 11.6 Å². The van der Waals surface area contributed by atoms with Crippen molar-refractivity contribution in [2.45, 2.75) is 0 Å². The van der Waals surface area contributed by atoms with E-state index in [9.17, 15) is 14.9 Å². The molecule has 0 saturated heterocycles. The van der Waals surface area contributed by atoms with Crippen LogP contribution in [0.2, 0.25) is 0 Å². The average Bonchev–Trinajstić information content (AvgIpc) is 3.22. The van der Waals surface area contributed by atoms with Gasteiger partial charge in [-0.3, -0.25) is 14.9 Å². The molecule has 0 spiro atoms. The first-order chi connectivity index (χ1) is 14.1. The minimum atomic E-state index is -0.456. The summed E-state index contributed by atoms with van der Waals surface area (Å²) in [6, 6.07) is 22.7. The molecule has 142 valence electrons. The molecule has 1 amide bonds. The van der Waals surface area contributed by atoms with Gasteiger partial charge in [-0.05, 0) is 47.2 Å². The highest BCUT2D eigenvalue weighted by molar-refractivity contribution is 5.98. The Morgan fingerprint density at radius 2 is 1.72 bits per heavy atom. The topological polar surface area (TPSA) is 97.7 Å². The number of nitrogens with one attached hydrogen (secondary N) is 1. The molecule has 0 unspecified atom stereocenters. The molecule has 0 aliphatic carbocycles. The normalized spacial score (nSPS) is 11.0. The van der Waals surface area contributed by atoms with Gasteiger partial charge in [-0.25, -0.2) is 5.43 Å². The minimum Gasteiger partial charge on any atom is -0.455 e. The predicted molar refractivity (Wildman–Crippen MR) is 110 cm³/mol. The van der Waals surface area contributed by atoms with Crippen LogP contribution in [0.3, 0.4) is 0 Å². The summed E-state index contributed by atoms with van der Waals surface area (Å²) in [4.78, 5) is 22.5. The summed E-state index contributed by atoms with van der Waals surface area (Å²) in [7, 11) is 0. The second kappa shape index (κ2) is 7.77.